The summed E-state index contributed by atoms with van der Waals surface area (Å²) in [7, 11) is 0. The summed E-state index contributed by atoms with van der Waals surface area (Å²) in [5.41, 5.74) is 1.14. The van der Waals surface area contributed by atoms with Crippen molar-refractivity contribution in [3.63, 3.8) is 0 Å². The molecule has 1 unspecified atom stereocenters. The van der Waals surface area contributed by atoms with Gasteiger partial charge in [-0.15, -0.1) is 6.58 Å². The van der Waals surface area contributed by atoms with Gasteiger partial charge in [-0.3, -0.25) is 4.79 Å². The van der Waals surface area contributed by atoms with Gasteiger partial charge < -0.3 is 10.4 Å². The first-order valence-electron chi connectivity index (χ1n) is 6.44. The van der Waals surface area contributed by atoms with Crippen molar-refractivity contribution in [3.05, 3.63) is 78.4 Å². The van der Waals surface area contributed by atoms with E-state index >= 15 is 0 Å². The zero-order valence-corrected chi connectivity index (χ0v) is 11.3. The standard InChI is InChI=1S/C17H15NO3/c1-2-13(12-8-4-3-5-9-12)16(19)18-15-11-7-6-10-14(15)17(20)21/h2-11,13H,1H2,(H,18,19)(H,20,21). The molecule has 0 saturated carbocycles. The Labute approximate surface area is 122 Å². The Morgan fingerprint density at radius 3 is 2.29 bits per heavy atom. The van der Waals surface area contributed by atoms with Crippen molar-refractivity contribution >= 4 is 17.6 Å². The summed E-state index contributed by atoms with van der Waals surface area (Å²) < 4.78 is 0. The molecule has 1 amide bonds. The second-order valence-corrected chi connectivity index (χ2v) is 4.46. The van der Waals surface area contributed by atoms with E-state index in [0.29, 0.717) is 0 Å². The molecule has 0 saturated heterocycles. The molecule has 0 aliphatic heterocycles. The highest BCUT2D eigenvalue weighted by molar-refractivity contribution is 6.03. The summed E-state index contributed by atoms with van der Waals surface area (Å²) in [5, 5.41) is 11.8. The van der Waals surface area contributed by atoms with Crippen molar-refractivity contribution in [2.45, 2.75) is 5.92 Å². The Balaban J connectivity index is 2.25. The Morgan fingerprint density at radius 1 is 1.05 bits per heavy atom. The lowest BCUT2D eigenvalue weighted by Gasteiger charge is -2.14. The summed E-state index contributed by atoms with van der Waals surface area (Å²) in [6.07, 6.45) is 1.54. The highest BCUT2D eigenvalue weighted by Crippen LogP contribution is 2.21. The summed E-state index contributed by atoms with van der Waals surface area (Å²) in [6, 6.07) is 15.5. The number of para-hydroxylation sites is 1. The first-order chi connectivity index (χ1) is 10.1. The molecule has 4 heteroatoms. The van der Waals surface area contributed by atoms with E-state index in [1.807, 2.05) is 30.3 Å². The van der Waals surface area contributed by atoms with Gasteiger partial charge >= 0.3 is 5.97 Å². The molecule has 2 rings (SSSR count). The molecule has 0 heterocycles. The molecule has 21 heavy (non-hydrogen) atoms. The lowest BCUT2D eigenvalue weighted by Crippen LogP contribution is -2.21. The van der Waals surface area contributed by atoms with Crippen molar-refractivity contribution in [3.8, 4) is 0 Å². The Kier molecular flexibility index (Phi) is 4.51. The number of nitrogens with one attached hydrogen (secondary N) is 1. The molecule has 0 aromatic heterocycles. The zero-order valence-electron chi connectivity index (χ0n) is 11.3. The number of carbonyl (C=O) groups excluding carboxylic acids is 1. The first kappa shape index (κ1) is 14.5. The van der Waals surface area contributed by atoms with Crippen LogP contribution in [0.2, 0.25) is 0 Å². The van der Waals surface area contributed by atoms with E-state index in [1.54, 1.807) is 18.2 Å². The molecule has 0 aliphatic rings. The molecule has 2 aromatic carbocycles. The maximum atomic E-state index is 12.3. The van der Waals surface area contributed by atoms with Crippen molar-refractivity contribution < 1.29 is 14.7 Å². The van der Waals surface area contributed by atoms with Crippen LogP contribution in [0.25, 0.3) is 0 Å². The predicted molar refractivity (Wildman–Crippen MR) is 81.4 cm³/mol. The maximum absolute atomic E-state index is 12.3. The third-order valence-electron chi connectivity index (χ3n) is 3.09. The zero-order chi connectivity index (χ0) is 15.2. The lowest BCUT2D eigenvalue weighted by molar-refractivity contribution is -0.116. The smallest absolute Gasteiger partial charge is 0.337 e. The van der Waals surface area contributed by atoms with Crippen molar-refractivity contribution in [2.75, 3.05) is 5.32 Å². The highest BCUT2D eigenvalue weighted by atomic mass is 16.4. The molecule has 0 radical (unpaired) electrons. The fourth-order valence-electron chi connectivity index (χ4n) is 2.04. The number of carboxylic acid groups (broad SMARTS) is 1. The molecule has 0 bridgehead atoms. The van der Waals surface area contributed by atoms with Crippen molar-refractivity contribution in [2.24, 2.45) is 0 Å². The average Bonchev–Trinajstić information content (AvgIpc) is 2.49. The first-order valence-corrected chi connectivity index (χ1v) is 6.44. The van der Waals surface area contributed by atoms with E-state index in [4.69, 9.17) is 5.11 Å². The quantitative estimate of drug-likeness (QED) is 0.826. The molecule has 1 atom stereocenters. The van der Waals surface area contributed by atoms with Gasteiger partial charge in [-0.2, -0.15) is 0 Å². The Hall–Kier alpha value is -2.88. The summed E-state index contributed by atoms with van der Waals surface area (Å²) in [5.74, 6) is -1.93. The second-order valence-electron chi connectivity index (χ2n) is 4.46. The van der Waals surface area contributed by atoms with Crippen LogP contribution in [0.5, 0.6) is 0 Å². The van der Waals surface area contributed by atoms with E-state index in [-0.39, 0.29) is 17.2 Å². The van der Waals surface area contributed by atoms with Crippen LogP contribution in [-0.4, -0.2) is 17.0 Å². The van der Waals surface area contributed by atoms with Crippen molar-refractivity contribution in [1.82, 2.24) is 0 Å². The molecule has 2 N–H and O–H groups in total. The predicted octanol–water partition coefficient (Wildman–Crippen LogP) is 3.29. The van der Waals surface area contributed by atoms with Gasteiger partial charge in [0.05, 0.1) is 17.2 Å². The van der Waals surface area contributed by atoms with Gasteiger partial charge in [0, 0.05) is 0 Å². The number of hydrogen-bond acceptors (Lipinski definition) is 2. The molecule has 0 fully saturated rings. The maximum Gasteiger partial charge on any atom is 0.337 e. The third-order valence-corrected chi connectivity index (χ3v) is 3.09. The van der Waals surface area contributed by atoms with Crippen LogP contribution in [0.3, 0.4) is 0 Å². The van der Waals surface area contributed by atoms with Gasteiger partial charge in [0.25, 0.3) is 0 Å². The van der Waals surface area contributed by atoms with Gasteiger partial charge in [0.1, 0.15) is 0 Å². The van der Waals surface area contributed by atoms with Crippen LogP contribution in [-0.2, 0) is 4.79 Å². The van der Waals surface area contributed by atoms with Gasteiger partial charge in [-0.05, 0) is 17.7 Å². The highest BCUT2D eigenvalue weighted by Gasteiger charge is 2.19. The van der Waals surface area contributed by atoms with Gasteiger partial charge in [-0.25, -0.2) is 4.79 Å². The van der Waals surface area contributed by atoms with Crippen LogP contribution in [0.15, 0.2) is 67.3 Å². The summed E-state index contributed by atoms with van der Waals surface area (Å²) in [6.45, 7) is 3.68. The van der Waals surface area contributed by atoms with Crippen LogP contribution in [0.4, 0.5) is 5.69 Å². The largest absolute Gasteiger partial charge is 0.478 e. The van der Waals surface area contributed by atoms with E-state index < -0.39 is 11.9 Å². The number of carboxylic acids is 1. The van der Waals surface area contributed by atoms with E-state index in [9.17, 15) is 9.59 Å². The SMILES string of the molecule is C=CC(C(=O)Nc1ccccc1C(=O)O)c1ccccc1. The van der Waals surface area contributed by atoms with E-state index in [0.717, 1.165) is 5.56 Å². The number of anilines is 1. The topological polar surface area (TPSA) is 66.4 Å². The van der Waals surface area contributed by atoms with Crippen LogP contribution in [0, 0.1) is 0 Å². The minimum atomic E-state index is -1.08. The number of rotatable bonds is 5. The molecular formula is C17H15NO3. The molecular weight excluding hydrogens is 266 g/mol. The lowest BCUT2D eigenvalue weighted by atomic mass is 9.98. The van der Waals surface area contributed by atoms with Crippen LogP contribution < -0.4 is 5.32 Å². The van der Waals surface area contributed by atoms with E-state index in [2.05, 4.69) is 11.9 Å². The summed E-state index contributed by atoms with van der Waals surface area (Å²) >= 11 is 0. The third kappa shape index (κ3) is 3.36. The molecule has 4 nitrogen and oxygen atoms in total. The molecule has 2 aromatic rings. The number of benzene rings is 2. The summed E-state index contributed by atoms with van der Waals surface area (Å²) in [4.78, 5) is 23.5. The second kappa shape index (κ2) is 6.52. The van der Waals surface area contributed by atoms with Crippen molar-refractivity contribution in [1.29, 1.82) is 0 Å². The van der Waals surface area contributed by atoms with Gasteiger partial charge in [-0.1, -0.05) is 48.5 Å². The van der Waals surface area contributed by atoms with Crippen LogP contribution >= 0.6 is 0 Å². The molecule has 106 valence electrons. The number of amides is 1. The normalized spacial score (nSPS) is 11.4. The molecule has 0 spiro atoms. The minimum Gasteiger partial charge on any atom is -0.478 e. The number of aromatic carboxylic acids is 1. The molecule has 0 aliphatic carbocycles. The number of carbonyl (C=O) groups is 2. The monoisotopic (exact) mass is 281 g/mol. The minimum absolute atomic E-state index is 0.0572. The average molecular weight is 281 g/mol. The Morgan fingerprint density at radius 2 is 1.67 bits per heavy atom. The van der Waals surface area contributed by atoms with E-state index in [1.165, 1.54) is 12.1 Å². The van der Waals surface area contributed by atoms with Gasteiger partial charge in [0.2, 0.25) is 5.91 Å². The fraction of sp³-hybridized carbons (Fsp3) is 0.0588. The van der Waals surface area contributed by atoms with Gasteiger partial charge in [0.15, 0.2) is 0 Å². The fourth-order valence-corrected chi connectivity index (χ4v) is 2.04. The van der Waals surface area contributed by atoms with Crippen LogP contribution in [0.1, 0.15) is 21.8 Å². The Bertz CT molecular complexity index is 665. The number of hydrogen-bond donors (Lipinski definition) is 2.